The quantitative estimate of drug-likeness (QED) is 0.933. The fourth-order valence-electron chi connectivity index (χ4n) is 2.52. The molecule has 21 heavy (non-hydrogen) atoms. The normalized spacial score (nSPS) is 16.3. The van der Waals surface area contributed by atoms with Crippen LogP contribution in [0.2, 0.25) is 5.02 Å². The molecular weight excluding hydrogens is 304 g/mol. The van der Waals surface area contributed by atoms with Crippen molar-refractivity contribution in [1.82, 2.24) is 14.8 Å². The number of rotatable bonds is 3. The number of hydrogen-bond donors (Lipinski definition) is 1. The molecule has 6 heteroatoms. The van der Waals surface area contributed by atoms with Crippen LogP contribution in [-0.4, -0.2) is 14.8 Å². The topological polar surface area (TPSA) is 56.7 Å². The number of fused-ring (bicyclic) bond motifs is 1. The number of nitrogens with zero attached hydrogens (tertiary/aromatic N) is 3. The largest absolute Gasteiger partial charge is 0.324 e. The van der Waals surface area contributed by atoms with Crippen LogP contribution in [0, 0.1) is 0 Å². The maximum absolute atomic E-state index is 6.37. The van der Waals surface area contributed by atoms with E-state index in [2.05, 4.69) is 14.8 Å². The summed E-state index contributed by atoms with van der Waals surface area (Å²) >= 11 is 7.95. The molecule has 0 aliphatic carbocycles. The van der Waals surface area contributed by atoms with Crippen LogP contribution < -0.4 is 5.73 Å². The van der Waals surface area contributed by atoms with Crippen molar-refractivity contribution in [1.29, 1.82) is 0 Å². The molecule has 112 valence electrons. The first-order chi connectivity index (χ1) is 10.1. The van der Waals surface area contributed by atoms with Crippen LogP contribution in [-0.2, 0) is 13.0 Å². The molecule has 0 radical (unpaired) electrons. The first kappa shape index (κ1) is 14.9. The third kappa shape index (κ3) is 3.25. The van der Waals surface area contributed by atoms with Crippen LogP contribution in [0.25, 0.3) is 0 Å². The van der Waals surface area contributed by atoms with Gasteiger partial charge < -0.3 is 10.3 Å². The summed E-state index contributed by atoms with van der Waals surface area (Å²) in [5.74, 6) is 1.10. The van der Waals surface area contributed by atoms with Crippen molar-refractivity contribution in [3.05, 3.63) is 34.6 Å². The maximum atomic E-state index is 6.37. The van der Waals surface area contributed by atoms with Crippen molar-refractivity contribution in [3.8, 4) is 0 Å². The highest BCUT2D eigenvalue weighted by atomic mass is 35.5. The molecular formula is C15H19ClN4S. The van der Waals surface area contributed by atoms with Crippen molar-refractivity contribution >= 4 is 23.4 Å². The number of aromatic nitrogens is 3. The number of benzene rings is 1. The Morgan fingerprint density at radius 2 is 2.14 bits per heavy atom. The Bertz CT molecular complexity index is 639. The lowest BCUT2D eigenvalue weighted by molar-refractivity contribution is 0.591. The molecule has 0 saturated heterocycles. The van der Waals surface area contributed by atoms with Gasteiger partial charge in [-0.1, -0.05) is 24.1 Å². The summed E-state index contributed by atoms with van der Waals surface area (Å²) < 4.78 is 2.23. The molecule has 3 rings (SSSR count). The van der Waals surface area contributed by atoms with Crippen molar-refractivity contribution in [2.45, 2.75) is 55.2 Å². The SMILES string of the molecule is C[C@@H](N)c1ccc(Sc2nnc3n2CCCCC3)c(Cl)c1. The van der Waals surface area contributed by atoms with Gasteiger partial charge in [-0.05, 0) is 49.2 Å². The van der Waals surface area contributed by atoms with E-state index in [1.54, 1.807) is 11.8 Å². The van der Waals surface area contributed by atoms with Gasteiger partial charge in [0.2, 0.25) is 0 Å². The fraction of sp³-hybridized carbons (Fsp3) is 0.467. The molecule has 1 aliphatic heterocycles. The molecule has 0 saturated carbocycles. The van der Waals surface area contributed by atoms with Crippen molar-refractivity contribution in [2.24, 2.45) is 5.73 Å². The number of aryl methyl sites for hydroxylation is 1. The number of hydrogen-bond acceptors (Lipinski definition) is 4. The standard InChI is InChI=1S/C15H19ClN4S/c1-10(17)11-6-7-13(12(16)9-11)21-15-19-18-14-5-3-2-4-8-20(14)15/h6-7,9-10H,2-5,8,17H2,1H3/t10-/m1/s1. The summed E-state index contributed by atoms with van der Waals surface area (Å²) in [5.41, 5.74) is 6.93. The summed E-state index contributed by atoms with van der Waals surface area (Å²) in [6.45, 7) is 2.96. The van der Waals surface area contributed by atoms with E-state index in [1.807, 2.05) is 25.1 Å². The minimum atomic E-state index is -0.00841. The van der Waals surface area contributed by atoms with E-state index < -0.39 is 0 Å². The summed E-state index contributed by atoms with van der Waals surface area (Å²) in [6.07, 6.45) is 4.67. The van der Waals surface area contributed by atoms with E-state index >= 15 is 0 Å². The summed E-state index contributed by atoms with van der Waals surface area (Å²) in [7, 11) is 0. The molecule has 1 aromatic carbocycles. The van der Waals surface area contributed by atoms with Gasteiger partial charge in [0, 0.05) is 23.9 Å². The van der Waals surface area contributed by atoms with Crippen LogP contribution in [0.3, 0.4) is 0 Å². The Labute approximate surface area is 134 Å². The molecule has 0 fully saturated rings. The summed E-state index contributed by atoms with van der Waals surface area (Å²) in [5, 5.41) is 10.3. The minimum Gasteiger partial charge on any atom is -0.324 e. The third-order valence-electron chi connectivity index (χ3n) is 3.76. The molecule has 0 spiro atoms. The van der Waals surface area contributed by atoms with Crippen LogP contribution in [0.4, 0.5) is 0 Å². The molecule has 0 unspecified atom stereocenters. The van der Waals surface area contributed by atoms with Crippen molar-refractivity contribution in [2.75, 3.05) is 0 Å². The van der Waals surface area contributed by atoms with E-state index in [0.717, 1.165) is 39.4 Å². The highest BCUT2D eigenvalue weighted by Crippen LogP contribution is 2.34. The molecule has 2 N–H and O–H groups in total. The molecule has 2 heterocycles. The Balaban J connectivity index is 1.85. The monoisotopic (exact) mass is 322 g/mol. The van der Waals surface area contributed by atoms with Crippen molar-refractivity contribution < 1.29 is 0 Å². The van der Waals surface area contributed by atoms with Gasteiger partial charge in [0.05, 0.1) is 5.02 Å². The molecule has 0 bridgehead atoms. The lowest BCUT2D eigenvalue weighted by Crippen LogP contribution is -2.04. The predicted molar refractivity (Wildman–Crippen MR) is 85.8 cm³/mol. The summed E-state index contributed by atoms with van der Waals surface area (Å²) in [6, 6.07) is 5.97. The summed E-state index contributed by atoms with van der Waals surface area (Å²) in [4.78, 5) is 1.00. The smallest absolute Gasteiger partial charge is 0.196 e. The van der Waals surface area contributed by atoms with E-state index in [-0.39, 0.29) is 6.04 Å². The molecule has 1 aromatic heterocycles. The van der Waals surface area contributed by atoms with E-state index in [1.165, 1.54) is 19.3 Å². The van der Waals surface area contributed by atoms with Gasteiger partial charge in [0.25, 0.3) is 0 Å². The van der Waals surface area contributed by atoms with Gasteiger partial charge in [-0.25, -0.2) is 0 Å². The van der Waals surface area contributed by atoms with Gasteiger partial charge in [-0.2, -0.15) is 0 Å². The van der Waals surface area contributed by atoms with Gasteiger partial charge in [0.15, 0.2) is 5.16 Å². The lowest BCUT2D eigenvalue weighted by Gasteiger charge is -2.10. The minimum absolute atomic E-state index is 0.00841. The second-order valence-corrected chi connectivity index (χ2v) is 6.86. The highest BCUT2D eigenvalue weighted by molar-refractivity contribution is 7.99. The van der Waals surface area contributed by atoms with Gasteiger partial charge in [-0.15, -0.1) is 10.2 Å². The molecule has 1 atom stereocenters. The Morgan fingerprint density at radius 3 is 2.90 bits per heavy atom. The molecule has 1 aliphatic rings. The zero-order valence-electron chi connectivity index (χ0n) is 12.1. The Morgan fingerprint density at radius 1 is 1.29 bits per heavy atom. The van der Waals surface area contributed by atoms with Crippen LogP contribution >= 0.6 is 23.4 Å². The average Bonchev–Trinajstić information content (AvgIpc) is 2.69. The third-order valence-corrected chi connectivity index (χ3v) is 5.24. The first-order valence-electron chi connectivity index (χ1n) is 7.30. The maximum Gasteiger partial charge on any atom is 0.196 e. The average molecular weight is 323 g/mol. The second-order valence-electron chi connectivity index (χ2n) is 5.44. The molecule has 4 nitrogen and oxygen atoms in total. The van der Waals surface area contributed by atoms with E-state index in [0.29, 0.717) is 0 Å². The highest BCUT2D eigenvalue weighted by Gasteiger charge is 2.16. The fourth-order valence-corrected chi connectivity index (χ4v) is 3.70. The predicted octanol–water partition coefficient (Wildman–Crippen LogP) is 3.83. The second kappa shape index (κ2) is 6.38. The Kier molecular flexibility index (Phi) is 4.52. The van der Waals surface area contributed by atoms with E-state index in [4.69, 9.17) is 17.3 Å². The zero-order chi connectivity index (χ0) is 14.8. The molecule has 0 amide bonds. The van der Waals surface area contributed by atoms with Crippen LogP contribution in [0.5, 0.6) is 0 Å². The van der Waals surface area contributed by atoms with E-state index in [9.17, 15) is 0 Å². The van der Waals surface area contributed by atoms with Gasteiger partial charge in [0.1, 0.15) is 5.82 Å². The van der Waals surface area contributed by atoms with Crippen molar-refractivity contribution in [3.63, 3.8) is 0 Å². The Hall–Kier alpha value is -1.04. The van der Waals surface area contributed by atoms with Crippen LogP contribution in [0.15, 0.2) is 28.3 Å². The van der Waals surface area contributed by atoms with Crippen LogP contribution in [0.1, 0.15) is 43.6 Å². The van der Waals surface area contributed by atoms with Gasteiger partial charge in [-0.3, -0.25) is 0 Å². The zero-order valence-corrected chi connectivity index (χ0v) is 13.6. The number of nitrogens with two attached hydrogens (primary N) is 1. The first-order valence-corrected chi connectivity index (χ1v) is 8.49. The van der Waals surface area contributed by atoms with Gasteiger partial charge >= 0.3 is 0 Å². The number of halogens is 1. The molecule has 2 aromatic rings. The lowest BCUT2D eigenvalue weighted by atomic mass is 10.1.